The fraction of sp³-hybridized carbons (Fsp3) is 0.286. The van der Waals surface area contributed by atoms with Gasteiger partial charge in [-0.15, -0.1) is 0 Å². The van der Waals surface area contributed by atoms with E-state index >= 15 is 0 Å². The maximum Gasteiger partial charge on any atom is 0.242 e. The molecule has 0 aliphatic carbocycles. The normalized spacial score (nSPS) is 11.6. The minimum absolute atomic E-state index is 0.0344. The summed E-state index contributed by atoms with van der Waals surface area (Å²) in [5, 5.41) is 0.630. The Hall–Kier alpha value is -2.60. The Bertz CT molecular complexity index is 1040. The van der Waals surface area contributed by atoms with Crippen LogP contribution in [0.5, 0.6) is 0 Å². The molecule has 0 radical (unpaired) electrons. The summed E-state index contributed by atoms with van der Waals surface area (Å²) in [6, 6.07) is 15.7. The number of amides is 1. The lowest BCUT2D eigenvalue weighted by atomic mass is 10.2. The summed E-state index contributed by atoms with van der Waals surface area (Å²) in [6.07, 6.45) is 3.55. The van der Waals surface area contributed by atoms with Crippen LogP contribution in [-0.4, -0.2) is 37.4 Å². The van der Waals surface area contributed by atoms with Gasteiger partial charge in [0, 0.05) is 30.7 Å². The minimum Gasteiger partial charge on any atom is -0.344 e. The number of sulfone groups is 1. The second kappa shape index (κ2) is 7.96. The Morgan fingerprint density at radius 3 is 2.41 bits per heavy atom. The SMILES string of the molecule is CCCCN(C)C(=O)Cn1cc(S(=O)(=O)c2ccccc2)c2ccccc21. The van der Waals surface area contributed by atoms with E-state index < -0.39 is 9.84 Å². The molecule has 3 aromatic rings. The second-order valence-electron chi connectivity index (χ2n) is 6.62. The van der Waals surface area contributed by atoms with Crippen LogP contribution in [0.2, 0.25) is 0 Å². The molecule has 142 valence electrons. The van der Waals surface area contributed by atoms with E-state index in [-0.39, 0.29) is 22.2 Å². The van der Waals surface area contributed by atoms with Crippen LogP contribution >= 0.6 is 0 Å². The molecule has 27 heavy (non-hydrogen) atoms. The van der Waals surface area contributed by atoms with E-state index in [4.69, 9.17) is 0 Å². The Balaban J connectivity index is 2.01. The molecule has 0 bridgehead atoms. The summed E-state index contributed by atoms with van der Waals surface area (Å²) >= 11 is 0. The van der Waals surface area contributed by atoms with Crippen molar-refractivity contribution in [3.05, 3.63) is 60.8 Å². The summed E-state index contributed by atoms with van der Waals surface area (Å²) in [7, 11) is -1.88. The lowest BCUT2D eigenvalue weighted by Crippen LogP contribution is -2.30. The zero-order valence-electron chi connectivity index (χ0n) is 15.6. The highest BCUT2D eigenvalue weighted by molar-refractivity contribution is 7.91. The van der Waals surface area contributed by atoms with Crippen LogP contribution in [-0.2, 0) is 21.2 Å². The molecule has 0 atom stereocenters. The maximum absolute atomic E-state index is 13.1. The number of unbranched alkanes of at least 4 members (excludes halogenated alkanes) is 1. The van der Waals surface area contributed by atoms with Crippen LogP contribution in [0.15, 0.2) is 70.6 Å². The smallest absolute Gasteiger partial charge is 0.242 e. The van der Waals surface area contributed by atoms with Gasteiger partial charge in [-0.2, -0.15) is 0 Å². The molecule has 3 rings (SSSR count). The average Bonchev–Trinajstić information content (AvgIpc) is 3.06. The van der Waals surface area contributed by atoms with Crippen molar-refractivity contribution in [3.8, 4) is 0 Å². The molecule has 0 aliphatic heterocycles. The topological polar surface area (TPSA) is 59.4 Å². The minimum atomic E-state index is -3.66. The Morgan fingerprint density at radius 1 is 1.04 bits per heavy atom. The molecule has 1 amide bonds. The third-order valence-corrected chi connectivity index (χ3v) is 6.47. The van der Waals surface area contributed by atoms with Gasteiger partial charge >= 0.3 is 0 Å². The van der Waals surface area contributed by atoms with Crippen LogP contribution < -0.4 is 0 Å². The number of hydrogen-bond donors (Lipinski definition) is 0. The molecule has 0 N–H and O–H groups in total. The first-order valence-corrected chi connectivity index (χ1v) is 10.6. The molecular formula is C21H24N2O3S. The van der Waals surface area contributed by atoms with Crippen LogP contribution in [0.4, 0.5) is 0 Å². The number of rotatable bonds is 7. The molecule has 0 aliphatic rings. The summed E-state index contributed by atoms with van der Waals surface area (Å²) in [6.45, 7) is 2.90. The lowest BCUT2D eigenvalue weighted by molar-refractivity contribution is -0.130. The molecule has 0 unspecified atom stereocenters. The van der Waals surface area contributed by atoms with Crippen molar-refractivity contribution in [1.82, 2.24) is 9.47 Å². The Labute approximate surface area is 160 Å². The average molecular weight is 385 g/mol. The molecule has 0 spiro atoms. The van der Waals surface area contributed by atoms with Gasteiger partial charge in [0.25, 0.3) is 0 Å². The van der Waals surface area contributed by atoms with Crippen molar-refractivity contribution >= 4 is 26.6 Å². The number of likely N-dealkylation sites (N-methyl/N-ethyl adjacent to an activating group) is 1. The van der Waals surface area contributed by atoms with Crippen LogP contribution in [0.1, 0.15) is 19.8 Å². The van der Waals surface area contributed by atoms with Crippen LogP contribution in [0.25, 0.3) is 10.9 Å². The number of benzene rings is 2. The summed E-state index contributed by atoms with van der Waals surface area (Å²) < 4.78 is 28.0. The largest absolute Gasteiger partial charge is 0.344 e. The van der Waals surface area contributed by atoms with E-state index in [1.54, 1.807) is 59.1 Å². The highest BCUT2D eigenvalue weighted by atomic mass is 32.2. The van der Waals surface area contributed by atoms with E-state index in [9.17, 15) is 13.2 Å². The third-order valence-electron chi connectivity index (χ3n) is 4.67. The highest BCUT2D eigenvalue weighted by Crippen LogP contribution is 2.30. The van der Waals surface area contributed by atoms with Gasteiger partial charge in [0.1, 0.15) is 6.54 Å². The number of nitrogens with zero attached hydrogens (tertiary/aromatic N) is 2. The standard InChI is InChI=1S/C21H24N2O3S/c1-3-4-14-22(2)21(24)16-23-15-20(18-12-8-9-13-19(18)23)27(25,26)17-10-6-5-7-11-17/h5-13,15H,3-4,14,16H2,1-2H3. The van der Waals surface area contributed by atoms with Crippen molar-refractivity contribution in [2.45, 2.75) is 36.1 Å². The number of para-hydroxylation sites is 1. The van der Waals surface area contributed by atoms with Crippen molar-refractivity contribution in [2.24, 2.45) is 0 Å². The van der Waals surface area contributed by atoms with Crippen LogP contribution in [0, 0.1) is 0 Å². The van der Waals surface area contributed by atoms with Gasteiger partial charge in [0.15, 0.2) is 0 Å². The number of carbonyl (C=O) groups is 1. The molecule has 5 nitrogen and oxygen atoms in total. The first-order chi connectivity index (χ1) is 12.9. The van der Waals surface area contributed by atoms with Gasteiger partial charge in [0.2, 0.25) is 15.7 Å². The predicted octanol–water partition coefficient (Wildman–Crippen LogP) is 3.73. The molecule has 2 aromatic carbocycles. The molecule has 0 saturated carbocycles. The van der Waals surface area contributed by atoms with Crippen LogP contribution in [0.3, 0.4) is 0 Å². The molecule has 1 aromatic heterocycles. The van der Waals surface area contributed by atoms with Crippen molar-refractivity contribution < 1.29 is 13.2 Å². The van der Waals surface area contributed by atoms with Gasteiger partial charge in [-0.25, -0.2) is 8.42 Å². The van der Waals surface area contributed by atoms with Crippen molar-refractivity contribution in [3.63, 3.8) is 0 Å². The molecule has 1 heterocycles. The van der Waals surface area contributed by atoms with Crippen molar-refractivity contribution in [1.29, 1.82) is 0 Å². The first-order valence-electron chi connectivity index (χ1n) is 9.07. The lowest BCUT2D eigenvalue weighted by Gasteiger charge is -2.17. The van der Waals surface area contributed by atoms with Crippen molar-refractivity contribution in [2.75, 3.05) is 13.6 Å². The fourth-order valence-corrected chi connectivity index (χ4v) is 4.57. The summed E-state index contributed by atoms with van der Waals surface area (Å²) in [5.41, 5.74) is 0.740. The fourth-order valence-electron chi connectivity index (χ4n) is 3.07. The number of fused-ring (bicyclic) bond motifs is 1. The van der Waals surface area contributed by atoms with E-state index in [1.807, 2.05) is 18.2 Å². The zero-order chi connectivity index (χ0) is 19.4. The maximum atomic E-state index is 13.1. The summed E-state index contributed by atoms with van der Waals surface area (Å²) in [4.78, 5) is 14.7. The highest BCUT2D eigenvalue weighted by Gasteiger charge is 2.24. The number of hydrogen-bond acceptors (Lipinski definition) is 3. The molecular weight excluding hydrogens is 360 g/mol. The monoisotopic (exact) mass is 384 g/mol. The number of aromatic nitrogens is 1. The van der Waals surface area contributed by atoms with Gasteiger partial charge < -0.3 is 9.47 Å². The van der Waals surface area contributed by atoms with Gasteiger partial charge in [0.05, 0.1) is 9.79 Å². The van der Waals surface area contributed by atoms with Gasteiger partial charge in [-0.05, 0) is 24.6 Å². The van der Waals surface area contributed by atoms with Gasteiger partial charge in [-0.3, -0.25) is 4.79 Å². The van der Waals surface area contributed by atoms with E-state index in [2.05, 4.69) is 6.92 Å². The Morgan fingerprint density at radius 2 is 1.70 bits per heavy atom. The van der Waals surface area contributed by atoms with Gasteiger partial charge in [-0.1, -0.05) is 49.7 Å². The number of carbonyl (C=O) groups excluding carboxylic acids is 1. The zero-order valence-corrected chi connectivity index (χ0v) is 16.4. The van der Waals surface area contributed by atoms with E-state index in [0.717, 1.165) is 18.4 Å². The third kappa shape index (κ3) is 3.90. The quantitative estimate of drug-likeness (QED) is 0.624. The van der Waals surface area contributed by atoms with E-state index in [0.29, 0.717) is 11.9 Å². The molecule has 6 heteroatoms. The Kier molecular flexibility index (Phi) is 5.65. The first kappa shape index (κ1) is 19.2. The predicted molar refractivity (Wildman–Crippen MR) is 106 cm³/mol. The second-order valence-corrected chi connectivity index (χ2v) is 8.54. The van der Waals surface area contributed by atoms with E-state index in [1.165, 1.54) is 0 Å². The molecule has 0 saturated heterocycles. The molecule has 0 fully saturated rings. The summed E-state index contributed by atoms with van der Waals surface area (Å²) in [5.74, 6) is -0.0344.